The van der Waals surface area contributed by atoms with Crippen molar-refractivity contribution in [3.8, 4) is 23.0 Å². The molecule has 0 aliphatic carbocycles. The first-order valence-corrected chi connectivity index (χ1v) is 6.13. The van der Waals surface area contributed by atoms with Crippen molar-refractivity contribution in [1.82, 2.24) is 4.98 Å². The molecule has 0 radical (unpaired) electrons. The number of aromatic nitrogens is 1. The Morgan fingerprint density at radius 2 is 1.89 bits per heavy atom. The minimum absolute atomic E-state index is 0.239. The fourth-order valence-corrected chi connectivity index (χ4v) is 2.25. The Bertz CT molecular complexity index is 740. The molecule has 0 bridgehead atoms. The molecule has 5 heteroatoms. The summed E-state index contributed by atoms with van der Waals surface area (Å²) in [6.45, 7) is 0.239. The Labute approximate surface area is 113 Å². The fourth-order valence-electron chi connectivity index (χ4n) is 2.06. The summed E-state index contributed by atoms with van der Waals surface area (Å²) < 4.78 is 16.4. The molecule has 0 amide bonds. The summed E-state index contributed by atoms with van der Waals surface area (Å²) >= 11 is 5.97. The number of benzene rings is 2. The maximum atomic E-state index is 5.97. The van der Waals surface area contributed by atoms with E-state index in [0.717, 1.165) is 11.1 Å². The Hall–Kier alpha value is -2.20. The van der Waals surface area contributed by atoms with Gasteiger partial charge in [-0.1, -0.05) is 17.7 Å². The number of hydrogen-bond acceptors (Lipinski definition) is 4. The van der Waals surface area contributed by atoms with Gasteiger partial charge >= 0.3 is 0 Å². The number of oxazole rings is 1. The third-order valence-electron chi connectivity index (χ3n) is 2.95. The van der Waals surface area contributed by atoms with Gasteiger partial charge in [-0.3, -0.25) is 0 Å². The second-order valence-corrected chi connectivity index (χ2v) is 4.64. The van der Waals surface area contributed by atoms with Crippen molar-refractivity contribution in [2.75, 3.05) is 6.79 Å². The van der Waals surface area contributed by atoms with Crippen LogP contribution in [-0.4, -0.2) is 11.8 Å². The maximum absolute atomic E-state index is 5.97. The number of fused-ring (bicyclic) bond motifs is 2. The lowest BCUT2D eigenvalue weighted by molar-refractivity contribution is 0.174. The molecule has 0 atom stereocenters. The van der Waals surface area contributed by atoms with Crippen LogP contribution in [0.3, 0.4) is 0 Å². The van der Waals surface area contributed by atoms with Crippen LogP contribution >= 0.6 is 11.6 Å². The normalized spacial score (nSPS) is 13.1. The molecule has 1 aromatic heterocycles. The molecule has 4 nitrogen and oxygen atoms in total. The Morgan fingerprint density at radius 3 is 2.74 bits per heavy atom. The van der Waals surface area contributed by atoms with Gasteiger partial charge in [0.15, 0.2) is 17.1 Å². The van der Waals surface area contributed by atoms with Crippen LogP contribution in [0.25, 0.3) is 22.6 Å². The Morgan fingerprint density at radius 1 is 1.05 bits per heavy atom. The quantitative estimate of drug-likeness (QED) is 0.675. The highest BCUT2D eigenvalue weighted by Crippen LogP contribution is 2.37. The lowest BCUT2D eigenvalue weighted by Gasteiger charge is -1.94. The highest BCUT2D eigenvalue weighted by Gasteiger charge is 2.18. The third-order valence-corrected chi connectivity index (χ3v) is 3.19. The van der Waals surface area contributed by atoms with Crippen molar-refractivity contribution in [2.45, 2.75) is 0 Å². The van der Waals surface area contributed by atoms with Gasteiger partial charge in [0.1, 0.15) is 5.52 Å². The first kappa shape index (κ1) is 10.7. The van der Waals surface area contributed by atoms with Crippen molar-refractivity contribution in [1.29, 1.82) is 0 Å². The molecule has 0 fully saturated rings. The van der Waals surface area contributed by atoms with E-state index >= 15 is 0 Å². The summed E-state index contributed by atoms with van der Waals surface area (Å²) in [5.41, 5.74) is 2.24. The van der Waals surface area contributed by atoms with Crippen LogP contribution in [0.2, 0.25) is 5.02 Å². The van der Waals surface area contributed by atoms with E-state index in [2.05, 4.69) is 4.98 Å². The van der Waals surface area contributed by atoms with E-state index in [1.807, 2.05) is 30.3 Å². The van der Waals surface area contributed by atoms with E-state index in [1.54, 1.807) is 6.07 Å². The number of ether oxygens (including phenoxy) is 2. The van der Waals surface area contributed by atoms with Gasteiger partial charge in [0.05, 0.1) is 0 Å². The molecule has 0 saturated heterocycles. The molecule has 2 aromatic carbocycles. The predicted molar refractivity (Wildman–Crippen MR) is 70.6 cm³/mol. The molecule has 2 heterocycles. The first-order chi connectivity index (χ1) is 9.29. The Kier molecular flexibility index (Phi) is 2.19. The lowest BCUT2D eigenvalue weighted by Crippen LogP contribution is -1.92. The van der Waals surface area contributed by atoms with Gasteiger partial charge in [-0.15, -0.1) is 0 Å². The summed E-state index contributed by atoms with van der Waals surface area (Å²) in [6, 6.07) is 11.0. The van der Waals surface area contributed by atoms with Gasteiger partial charge in [0.2, 0.25) is 12.7 Å². The van der Waals surface area contributed by atoms with Crippen LogP contribution in [0.15, 0.2) is 40.8 Å². The van der Waals surface area contributed by atoms with Crippen LogP contribution in [0.1, 0.15) is 0 Å². The smallest absolute Gasteiger partial charge is 0.231 e. The largest absolute Gasteiger partial charge is 0.454 e. The van der Waals surface area contributed by atoms with Crippen LogP contribution in [-0.2, 0) is 0 Å². The van der Waals surface area contributed by atoms with Gasteiger partial charge in [-0.25, -0.2) is 4.98 Å². The predicted octanol–water partition coefficient (Wildman–Crippen LogP) is 3.88. The van der Waals surface area contributed by atoms with E-state index in [0.29, 0.717) is 28.0 Å². The van der Waals surface area contributed by atoms with E-state index in [-0.39, 0.29) is 6.79 Å². The molecule has 0 saturated carbocycles. The van der Waals surface area contributed by atoms with Crippen molar-refractivity contribution < 1.29 is 13.9 Å². The molecular weight excluding hydrogens is 266 g/mol. The number of rotatable bonds is 1. The zero-order valence-electron chi connectivity index (χ0n) is 9.72. The second-order valence-electron chi connectivity index (χ2n) is 4.20. The molecule has 19 heavy (non-hydrogen) atoms. The topological polar surface area (TPSA) is 44.5 Å². The summed E-state index contributed by atoms with van der Waals surface area (Å²) in [6.07, 6.45) is 0. The molecule has 3 aromatic rings. The zero-order valence-corrected chi connectivity index (χ0v) is 10.5. The molecule has 0 N–H and O–H groups in total. The zero-order chi connectivity index (χ0) is 12.8. The van der Waals surface area contributed by atoms with Crippen LogP contribution in [0, 0.1) is 0 Å². The lowest BCUT2D eigenvalue weighted by atomic mass is 10.2. The van der Waals surface area contributed by atoms with Crippen molar-refractivity contribution >= 4 is 22.7 Å². The van der Waals surface area contributed by atoms with Gasteiger partial charge in [-0.05, 0) is 18.2 Å². The maximum Gasteiger partial charge on any atom is 0.231 e. The fraction of sp³-hybridized carbons (Fsp3) is 0.0714. The van der Waals surface area contributed by atoms with E-state index in [1.165, 1.54) is 0 Å². The summed E-state index contributed by atoms with van der Waals surface area (Å²) in [7, 11) is 0. The number of halogens is 1. The first-order valence-electron chi connectivity index (χ1n) is 5.76. The highest BCUT2D eigenvalue weighted by atomic mass is 35.5. The van der Waals surface area contributed by atoms with Gasteiger partial charge in [-0.2, -0.15) is 0 Å². The standard InChI is InChI=1S/C14H8ClNO3/c15-9-3-1-2-8(4-9)14-16-10-5-12-13(18-7-17-12)6-11(10)19-14/h1-6H,7H2. The third kappa shape index (κ3) is 1.72. The molecule has 0 spiro atoms. The molecule has 94 valence electrons. The minimum Gasteiger partial charge on any atom is -0.454 e. The van der Waals surface area contributed by atoms with Crippen molar-refractivity contribution in [3.63, 3.8) is 0 Å². The van der Waals surface area contributed by atoms with Crippen LogP contribution < -0.4 is 9.47 Å². The van der Waals surface area contributed by atoms with Crippen LogP contribution in [0.5, 0.6) is 11.5 Å². The monoisotopic (exact) mass is 273 g/mol. The summed E-state index contributed by atoms with van der Waals surface area (Å²) in [5.74, 6) is 1.90. The number of hydrogen-bond donors (Lipinski definition) is 0. The minimum atomic E-state index is 0.239. The van der Waals surface area contributed by atoms with Crippen molar-refractivity contribution in [2.24, 2.45) is 0 Å². The average Bonchev–Trinajstić information content (AvgIpc) is 3.00. The molecule has 1 aliphatic rings. The SMILES string of the molecule is Clc1cccc(-c2nc3cc4c(cc3o2)OCO4)c1. The van der Waals surface area contributed by atoms with E-state index < -0.39 is 0 Å². The van der Waals surface area contributed by atoms with Gasteiger partial charge < -0.3 is 13.9 Å². The highest BCUT2D eigenvalue weighted by molar-refractivity contribution is 6.30. The molecular formula is C14H8ClNO3. The molecule has 4 rings (SSSR count). The van der Waals surface area contributed by atoms with E-state index in [4.69, 9.17) is 25.5 Å². The molecule has 0 unspecified atom stereocenters. The van der Waals surface area contributed by atoms with E-state index in [9.17, 15) is 0 Å². The summed E-state index contributed by atoms with van der Waals surface area (Å²) in [4.78, 5) is 4.44. The van der Waals surface area contributed by atoms with Crippen molar-refractivity contribution in [3.05, 3.63) is 41.4 Å². The summed E-state index contributed by atoms with van der Waals surface area (Å²) in [5, 5.41) is 0.647. The van der Waals surface area contributed by atoms with Gasteiger partial charge in [0, 0.05) is 22.7 Å². The van der Waals surface area contributed by atoms with Crippen LogP contribution in [0.4, 0.5) is 0 Å². The number of nitrogens with zero attached hydrogens (tertiary/aromatic N) is 1. The molecule has 1 aliphatic heterocycles. The van der Waals surface area contributed by atoms with Gasteiger partial charge in [0.25, 0.3) is 0 Å². The average molecular weight is 274 g/mol. The second kappa shape index (κ2) is 3.90. The Balaban J connectivity index is 1.88.